The molecule has 2 aromatic rings. The van der Waals surface area contributed by atoms with Crippen LogP contribution in [0, 0.1) is 0 Å². The summed E-state index contributed by atoms with van der Waals surface area (Å²) in [5, 5.41) is 4.88. The van der Waals surface area contributed by atoms with Crippen molar-refractivity contribution in [2.45, 2.75) is 32.7 Å². The number of carbonyl (C=O) groups is 3. The number of amides is 3. The maximum atomic E-state index is 12.5. The summed E-state index contributed by atoms with van der Waals surface area (Å²) < 4.78 is 0. The zero-order chi connectivity index (χ0) is 18.0. The lowest BCUT2D eigenvalue weighted by Crippen LogP contribution is -2.30. The van der Waals surface area contributed by atoms with Crippen molar-refractivity contribution in [3.63, 3.8) is 0 Å². The molecule has 0 aliphatic carbocycles. The van der Waals surface area contributed by atoms with E-state index in [4.69, 9.17) is 0 Å². The molecule has 0 spiro atoms. The van der Waals surface area contributed by atoms with Crippen molar-refractivity contribution < 1.29 is 14.4 Å². The van der Waals surface area contributed by atoms with Crippen molar-refractivity contribution in [3.05, 3.63) is 57.3 Å². The van der Waals surface area contributed by atoms with E-state index in [9.17, 15) is 14.4 Å². The maximum Gasteiger partial charge on any atom is 0.261 e. The van der Waals surface area contributed by atoms with Crippen LogP contribution in [0.3, 0.4) is 0 Å². The van der Waals surface area contributed by atoms with Crippen LogP contribution in [-0.4, -0.2) is 29.2 Å². The predicted octanol–water partition coefficient (Wildman–Crippen LogP) is 3.64. The smallest absolute Gasteiger partial charge is 0.261 e. The average molecular weight is 356 g/mol. The van der Waals surface area contributed by atoms with Gasteiger partial charge in [-0.1, -0.05) is 19.4 Å². The quantitative estimate of drug-likeness (QED) is 0.804. The molecule has 25 heavy (non-hydrogen) atoms. The van der Waals surface area contributed by atoms with Crippen LogP contribution in [0.25, 0.3) is 0 Å². The zero-order valence-corrected chi connectivity index (χ0v) is 15.1. The van der Waals surface area contributed by atoms with E-state index in [2.05, 4.69) is 5.32 Å². The molecule has 1 aliphatic heterocycles. The Labute approximate surface area is 150 Å². The molecule has 0 saturated carbocycles. The zero-order valence-electron chi connectivity index (χ0n) is 14.2. The van der Waals surface area contributed by atoms with Gasteiger partial charge in [0.2, 0.25) is 0 Å². The highest BCUT2D eigenvalue weighted by Gasteiger charge is 2.35. The average Bonchev–Trinajstić information content (AvgIpc) is 3.22. The Morgan fingerprint density at radius 1 is 1.20 bits per heavy atom. The number of unbranched alkanes of at least 4 members (excludes halogenated alkanes) is 1. The van der Waals surface area contributed by atoms with E-state index in [1.807, 2.05) is 31.4 Å². The van der Waals surface area contributed by atoms with Gasteiger partial charge in [-0.3, -0.25) is 19.3 Å². The van der Waals surface area contributed by atoms with Gasteiger partial charge in [0.25, 0.3) is 17.7 Å². The fraction of sp³-hybridized carbons (Fsp3) is 0.316. The van der Waals surface area contributed by atoms with Gasteiger partial charge in [0, 0.05) is 17.0 Å². The predicted molar refractivity (Wildman–Crippen MR) is 96.9 cm³/mol. The standard InChI is InChI=1S/C19H20N2O3S/c1-3-4-9-21-18(23)14-8-7-13(11-15(14)19(21)24)17(22)20-12(2)16-6-5-10-25-16/h5-8,10-12H,3-4,9H2,1-2H3,(H,20,22). The van der Waals surface area contributed by atoms with Gasteiger partial charge in [-0.15, -0.1) is 11.3 Å². The number of nitrogens with one attached hydrogen (secondary N) is 1. The number of carbonyl (C=O) groups excluding carboxylic acids is 3. The Morgan fingerprint density at radius 2 is 1.96 bits per heavy atom. The molecule has 1 aliphatic rings. The Morgan fingerprint density at radius 3 is 2.64 bits per heavy atom. The van der Waals surface area contributed by atoms with Crippen molar-refractivity contribution in [2.75, 3.05) is 6.54 Å². The van der Waals surface area contributed by atoms with E-state index in [1.54, 1.807) is 23.5 Å². The molecule has 6 heteroatoms. The number of hydrogen-bond donors (Lipinski definition) is 1. The molecule has 3 amide bonds. The third kappa shape index (κ3) is 3.35. The van der Waals surface area contributed by atoms with Gasteiger partial charge in [0.15, 0.2) is 0 Å². The molecule has 1 aromatic heterocycles. The summed E-state index contributed by atoms with van der Waals surface area (Å²) in [6, 6.07) is 8.49. The Balaban J connectivity index is 1.78. The van der Waals surface area contributed by atoms with Crippen LogP contribution < -0.4 is 5.32 Å². The topological polar surface area (TPSA) is 66.5 Å². The van der Waals surface area contributed by atoms with Gasteiger partial charge in [-0.05, 0) is 43.0 Å². The van der Waals surface area contributed by atoms with Gasteiger partial charge in [-0.25, -0.2) is 0 Å². The molecule has 0 fully saturated rings. The third-order valence-electron chi connectivity index (χ3n) is 4.29. The van der Waals surface area contributed by atoms with Crippen LogP contribution in [0.2, 0.25) is 0 Å². The van der Waals surface area contributed by atoms with E-state index in [0.29, 0.717) is 23.2 Å². The van der Waals surface area contributed by atoms with Crippen molar-refractivity contribution in [3.8, 4) is 0 Å². The molecule has 0 saturated heterocycles. The van der Waals surface area contributed by atoms with E-state index in [1.165, 1.54) is 11.0 Å². The maximum absolute atomic E-state index is 12.5. The van der Waals surface area contributed by atoms with E-state index >= 15 is 0 Å². The van der Waals surface area contributed by atoms with E-state index in [0.717, 1.165) is 17.7 Å². The highest BCUT2D eigenvalue weighted by atomic mass is 32.1. The second-order valence-electron chi connectivity index (χ2n) is 6.09. The fourth-order valence-corrected chi connectivity index (χ4v) is 3.57. The van der Waals surface area contributed by atoms with Crippen molar-refractivity contribution >= 4 is 29.1 Å². The van der Waals surface area contributed by atoms with Crippen LogP contribution in [0.5, 0.6) is 0 Å². The molecule has 130 valence electrons. The van der Waals surface area contributed by atoms with Crippen LogP contribution in [0.4, 0.5) is 0 Å². The van der Waals surface area contributed by atoms with Crippen molar-refractivity contribution in [2.24, 2.45) is 0 Å². The molecule has 1 unspecified atom stereocenters. The molecule has 1 atom stereocenters. The molecule has 2 heterocycles. The Kier molecular flexibility index (Phi) is 4.99. The fourth-order valence-electron chi connectivity index (χ4n) is 2.84. The van der Waals surface area contributed by atoms with Crippen LogP contribution >= 0.6 is 11.3 Å². The molecule has 1 aromatic carbocycles. The molecule has 0 radical (unpaired) electrons. The lowest BCUT2D eigenvalue weighted by Gasteiger charge is -2.12. The summed E-state index contributed by atoms with van der Waals surface area (Å²) >= 11 is 1.58. The molecular formula is C19H20N2O3S. The first-order chi connectivity index (χ1) is 12.0. The second kappa shape index (κ2) is 7.19. The number of thiophene rings is 1. The molecular weight excluding hydrogens is 336 g/mol. The number of rotatable bonds is 6. The minimum atomic E-state index is -0.311. The molecule has 5 nitrogen and oxygen atoms in total. The Hall–Kier alpha value is -2.47. The minimum absolute atomic E-state index is 0.112. The number of hydrogen-bond acceptors (Lipinski definition) is 4. The second-order valence-corrected chi connectivity index (χ2v) is 7.07. The Bertz CT molecular complexity index is 814. The number of imide groups is 1. The minimum Gasteiger partial charge on any atom is -0.345 e. The van der Waals surface area contributed by atoms with Crippen LogP contribution in [0.1, 0.15) is 68.7 Å². The monoisotopic (exact) mass is 356 g/mol. The van der Waals surface area contributed by atoms with Crippen molar-refractivity contribution in [1.82, 2.24) is 10.2 Å². The number of nitrogens with zero attached hydrogens (tertiary/aromatic N) is 1. The first-order valence-corrected chi connectivity index (χ1v) is 9.25. The molecule has 0 bridgehead atoms. The SMILES string of the molecule is CCCCN1C(=O)c2ccc(C(=O)NC(C)c3cccs3)cc2C1=O. The van der Waals surface area contributed by atoms with E-state index in [-0.39, 0.29) is 23.8 Å². The number of fused-ring (bicyclic) bond motifs is 1. The van der Waals surface area contributed by atoms with Crippen molar-refractivity contribution in [1.29, 1.82) is 0 Å². The summed E-state index contributed by atoms with van der Waals surface area (Å²) in [7, 11) is 0. The summed E-state index contributed by atoms with van der Waals surface area (Å²) in [6.07, 6.45) is 1.68. The first-order valence-electron chi connectivity index (χ1n) is 8.37. The third-order valence-corrected chi connectivity index (χ3v) is 5.34. The summed E-state index contributed by atoms with van der Waals surface area (Å²) in [5.74, 6) is -0.835. The largest absolute Gasteiger partial charge is 0.345 e. The highest BCUT2D eigenvalue weighted by molar-refractivity contribution is 7.10. The normalized spacial score (nSPS) is 14.6. The van der Waals surface area contributed by atoms with Crippen LogP contribution in [-0.2, 0) is 0 Å². The lowest BCUT2D eigenvalue weighted by atomic mass is 10.0. The van der Waals surface area contributed by atoms with E-state index < -0.39 is 0 Å². The van der Waals surface area contributed by atoms with Gasteiger partial charge in [-0.2, -0.15) is 0 Å². The highest BCUT2D eigenvalue weighted by Crippen LogP contribution is 2.25. The van der Waals surface area contributed by atoms with Gasteiger partial charge >= 0.3 is 0 Å². The van der Waals surface area contributed by atoms with Gasteiger partial charge in [0.1, 0.15) is 0 Å². The van der Waals surface area contributed by atoms with Gasteiger partial charge in [0.05, 0.1) is 17.2 Å². The lowest BCUT2D eigenvalue weighted by molar-refractivity contribution is 0.0652. The van der Waals surface area contributed by atoms with Gasteiger partial charge < -0.3 is 5.32 Å². The summed E-state index contributed by atoms with van der Waals surface area (Å²) in [4.78, 5) is 39.6. The van der Waals surface area contributed by atoms with Crippen LogP contribution in [0.15, 0.2) is 35.7 Å². The molecule has 1 N–H and O–H groups in total. The first kappa shape index (κ1) is 17.4. The summed E-state index contributed by atoms with van der Waals surface area (Å²) in [6.45, 7) is 4.34. The summed E-state index contributed by atoms with van der Waals surface area (Å²) in [5.41, 5.74) is 1.09. The molecule has 3 rings (SSSR count). The number of benzene rings is 1.